The van der Waals surface area contributed by atoms with Crippen molar-refractivity contribution in [2.24, 2.45) is 0 Å². The van der Waals surface area contributed by atoms with E-state index in [4.69, 9.17) is 5.26 Å². The number of nitriles is 1. The minimum atomic E-state index is -0.636. The molecule has 0 amide bonds. The van der Waals surface area contributed by atoms with Gasteiger partial charge in [-0.3, -0.25) is 0 Å². The van der Waals surface area contributed by atoms with Crippen LogP contribution in [0.2, 0.25) is 0 Å². The minimum Gasteiger partial charge on any atom is -0.465 e. The van der Waals surface area contributed by atoms with Gasteiger partial charge < -0.3 is 10.1 Å². The summed E-state index contributed by atoms with van der Waals surface area (Å²) in [6, 6.07) is 9.82. The molecule has 1 aromatic carbocycles. The van der Waals surface area contributed by atoms with Crippen molar-refractivity contribution in [1.82, 2.24) is 5.32 Å². The van der Waals surface area contributed by atoms with Crippen LogP contribution < -0.4 is 5.32 Å². The predicted molar refractivity (Wildman–Crippen MR) is 70.8 cm³/mol. The Balaban J connectivity index is 2.57. The Hall–Kier alpha value is -1.93. The van der Waals surface area contributed by atoms with Crippen LogP contribution in [0.5, 0.6) is 0 Å². The van der Waals surface area contributed by atoms with Crippen molar-refractivity contribution in [3.05, 3.63) is 41.6 Å². The van der Waals surface area contributed by atoms with Gasteiger partial charge in [0.15, 0.2) is 5.57 Å². The van der Waals surface area contributed by atoms with E-state index in [0.29, 0.717) is 6.54 Å². The number of thioether (sulfide) groups is 1. The third kappa shape index (κ3) is 4.15. The van der Waals surface area contributed by atoms with Crippen LogP contribution in [0.4, 0.5) is 0 Å². The summed E-state index contributed by atoms with van der Waals surface area (Å²) >= 11 is 1.68. The van der Waals surface area contributed by atoms with Crippen molar-refractivity contribution in [1.29, 1.82) is 5.26 Å². The summed E-state index contributed by atoms with van der Waals surface area (Å²) in [7, 11) is 1.24. The molecule has 0 spiro atoms. The minimum absolute atomic E-state index is 0.0433. The zero-order valence-corrected chi connectivity index (χ0v) is 11.1. The van der Waals surface area contributed by atoms with E-state index in [0.717, 1.165) is 5.56 Å². The van der Waals surface area contributed by atoms with E-state index < -0.39 is 5.97 Å². The van der Waals surface area contributed by atoms with Crippen LogP contribution in [-0.2, 0) is 16.1 Å². The molecule has 0 bridgehead atoms. The summed E-state index contributed by atoms with van der Waals surface area (Å²) in [4.78, 5) is 12.3. The summed E-state index contributed by atoms with van der Waals surface area (Å²) in [5.41, 5.74) is 1.03. The quantitative estimate of drug-likeness (QED) is 0.381. The molecule has 0 atom stereocenters. The molecule has 94 valence electrons. The van der Waals surface area contributed by atoms with E-state index in [-0.39, 0.29) is 5.57 Å². The first-order valence-corrected chi connectivity index (χ1v) is 6.48. The third-order valence-corrected chi connectivity index (χ3v) is 2.98. The molecule has 0 aliphatic carbocycles. The fourth-order valence-corrected chi connectivity index (χ4v) is 1.67. The average molecular weight is 262 g/mol. The molecule has 5 heteroatoms. The second-order valence-corrected chi connectivity index (χ2v) is 4.27. The van der Waals surface area contributed by atoms with Crippen molar-refractivity contribution in [3.8, 4) is 6.07 Å². The Labute approximate surface area is 111 Å². The van der Waals surface area contributed by atoms with Crippen molar-refractivity contribution < 1.29 is 9.53 Å². The molecule has 1 aromatic rings. The SMILES string of the molecule is COC(=O)/C(C#N)=C\NCc1ccc(SC)cc1. The molecule has 0 fully saturated rings. The van der Waals surface area contributed by atoms with Crippen molar-refractivity contribution in [2.75, 3.05) is 13.4 Å². The van der Waals surface area contributed by atoms with Gasteiger partial charge in [0.05, 0.1) is 7.11 Å². The van der Waals surface area contributed by atoms with Crippen LogP contribution in [-0.4, -0.2) is 19.3 Å². The highest BCUT2D eigenvalue weighted by Crippen LogP contribution is 2.14. The van der Waals surface area contributed by atoms with Gasteiger partial charge in [0.25, 0.3) is 0 Å². The molecule has 1 N–H and O–H groups in total. The predicted octanol–water partition coefficient (Wildman–Crippen LogP) is 2.08. The molecule has 0 aliphatic heterocycles. The number of benzene rings is 1. The summed E-state index contributed by atoms with van der Waals surface area (Å²) < 4.78 is 4.46. The molecule has 0 aliphatic rings. The van der Waals surface area contributed by atoms with Crippen LogP contribution in [0.3, 0.4) is 0 Å². The van der Waals surface area contributed by atoms with Gasteiger partial charge in [-0.05, 0) is 24.0 Å². The van der Waals surface area contributed by atoms with Crippen molar-refractivity contribution in [2.45, 2.75) is 11.4 Å². The number of ether oxygens (including phenoxy) is 1. The van der Waals surface area contributed by atoms with Gasteiger partial charge in [-0.2, -0.15) is 5.26 Å². The third-order valence-electron chi connectivity index (χ3n) is 2.24. The number of methoxy groups -OCH3 is 1. The number of rotatable bonds is 5. The summed E-state index contributed by atoms with van der Waals surface area (Å²) in [6.45, 7) is 0.552. The normalized spacial score (nSPS) is 10.6. The zero-order valence-electron chi connectivity index (χ0n) is 10.3. The Morgan fingerprint density at radius 3 is 2.67 bits per heavy atom. The van der Waals surface area contributed by atoms with E-state index in [2.05, 4.69) is 10.1 Å². The lowest BCUT2D eigenvalue weighted by atomic mass is 10.2. The number of hydrogen-bond donors (Lipinski definition) is 1. The Kier molecular flexibility index (Phi) is 5.81. The first-order valence-electron chi connectivity index (χ1n) is 5.26. The van der Waals surface area contributed by atoms with Gasteiger partial charge in [0, 0.05) is 17.6 Å². The van der Waals surface area contributed by atoms with E-state index >= 15 is 0 Å². The lowest BCUT2D eigenvalue weighted by Crippen LogP contribution is -2.10. The average Bonchev–Trinajstić information content (AvgIpc) is 2.43. The van der Waals surface area contributed by atoms with Crippen LogP contribution >= 0.6 is 11.8 Å². The zero-order chi connectivity index (χ0) is 13.4. The molecular weight excluding hydrogens is 248 g/mol. The Bertz CT molecular complexity index is 475. The van der Waals surface area contributed by atoms with Gasteiger partial charge in [-0.1, -0.05) is 12.1 Å². The Morgan fingerprint density at radius 1 is 1.50 bits per heavy atom. The van der Waals surface area contributed by atoms with Gasteiger partial charge >= 0.3 is 5.97 Å². The Morgan fingerprint density at radius 2 is 2.17 bits per heavy atom. The highest BCUT2D eigenvalue weighted by Gasteiger charge is 2.07. The van der Waals surface area contributed by atoms with Gasteiger partial charge in [0.2, 0.25) is 0 Å². The molecule has 0 aromatic heterocycles. The van der Waals surface area contributed by atoms with Crippen molar-refractivity contribution >= 4 is 17.7 Å². The maximum absolute atomic E-state index is 11.1. The fourth-order valence-electron chi connectivity index (χ4n) is 1.26. The van der Waals surface area contributed by atoms with Gasteiger partial charge in [-0.15, -0.1) is 11.8 Å². The van der Waals surface area contributed by atoms with Gasteiger partial charge in [-0.25, -0.2) is 4.79 Å². The van der Waals surface area contributed by atoms with E-state index in [1.54, 1.807) is 17.8 Å². The van der Waals surface area contributed by atoms with E-state index in [1.807, 2.05) is 30.5 Å². The fraction of sp³-hybridized carbons (Fsp3) is 0.231. The van der Waals surface area contributed by atoms with Crippen LogP contribution in [0.15, 0.2) is 40.9 Å². The highest BCUT2D eigenvalue weighted by atomic mass is 32.2. The molecule has 1 rings (SSSR count). The molecule has 0 radical (unpaired) electrons. The van der Waals surface area contributed by atoms with E-state index in [1.165, 1.54) is 18.2 Å². The molecule has 0 saturated carbocycles. The van der Waals surface area contributed by atoms with Crippen LogP contribution in [0, 0.1) is 11.3 Å². The van der Waals surface area contributed by atoms with E-state index in [9.17, 15) is 4.79 Å². The molecule has 4 nitrogen and oxygen atoms in total. The highest BCUT2D eigenvalue weighted by molar-refractivity contribution is 7.98. The lowest BCUT2D eigenvalue weighted by molar-refractivity contribution is -0.135. The maximum atomic E-state index is 11.1. The first-order chi connectivity index (χ1) is 8.71. The molecule has 0 heterocycles. The van der Waals surface area contributed by atoms with Gasteiger partial charge in [0.1, 0.15) is 6.07 Å². The van der Waals surface area contributed by atoms with Crippen molar-refractivity contribution in [3.63, 3.8) is 0 Å². The largest absolute Gasteiger partial charge is 0.465 e. The second kappa shape index (κ2) is 7.41. The summed E-state index contributed by atoms with van der Waals surface area (Å²) in [6.07, 6.45) is 3.39. The van der Waals surface area contributed by atoms with Crippen LogP contribution in [0.1, 0.15) is 5.56 Å². The number of nitrogens with one attached hydrogen (secondary N) is 1. The first kappa shape index (κ1) is 14.1. The topological polar surface area (TPSA) is 62.1 Å². The second-order valence-electron chi connectivity index (χ2n) is 3.39. The van der Waals surface area contributed by atoms with Crippen LogP contribution in [0.25, 0.3) is 0 Å². The molecule has 0 saturated heterocycles. The summed E-state index contributed by atoms with van der Waals surface area (Å²) in [5.74, 6) is -0.636. The smallest absolute Gasteiger partial charge is 0.350 e. The number of nitrogens with zero attached hydrogens (tertiary/aromatic N) is 1. The standard InChI is InChI=1S/C13H14N2O2S/c1-17-13(16)11(7-14)9-15-8-10-3-5-12(18-2)6-4-10/h3-6,9,15H,8H2,1-2H3/b11-9-. The monoisotopic (exact) mass is 262 g/mol. The molecule has 0 unspecified atom stereocenters. The number of hydrogen-bond acceptors (Lipinski definition) is 5. The number of carbonyl (C=O) groups is 1. The molecule has 18 heavy (non-hydrogen) atoms. The lowest BCUT2D eigenvalue weighted by Gasteiger charge is -2.03. The summed E-state index contributed by atoms with van der Waals surface area (Å²) in [5, 5.41) is 11.6. The molecular formula is C13H14N2O2S. The number of esters is 1. The maximum Gasteiger partial charge on any atom is 0.350 e. The number of carbonyl (C=O) groups excluding carboxylic acids is 1.